The third-order valence-corrected chi connectivity index (χ3v) is 5.37. The number of benzene rings is 1. The molecule has 2 rings (SSSR count). The predicted molar refractivity (Wildman–Crippen MR) is 82.8 cm³/mol. The molecular weight excluding hydrogens is 320 g/mol. The number of nitrogens with two attached hydrogens (primary N) is 1. The molecule has 0 spiro atoms. The lowest BCUT2D eigenvalue weighted by molar-refractivity contribution is -0.140. The average molecular weight is 340 g/mol. The third kappa shape index (κ3) is 3.37. The number of primary sulfonamides is 1. The highest BCUT2D eigenvalue weighted by molar-refractivity contribution is 7.89. The standard InChI is InChI=1S/C15H20N2O5S/c1-8(9-4-6-10(7-5-9)23(16,21)22)17-13(18)11-12(14(19)20)15(11,2)3/h4-8,11-12H,1-3H3,(H,17,18)(H,19,20)(H2,16,21,22)/t8?,11-,12+/m0/s1. The molecule has 7 nitrogen and oxygen atoms in total. The molecule has 1 unspecified atom stereocenters. The molecule has 8 heteroatoms. The highest BCUT2D eigenvalue weighted by Crippen LogP contribution is 2.58. The Labute approximate surface area is 134 Å². The van der Waals surface area contributed by atoms with Crippen LogP contribution in [-0.2, 0) is 19.6 Å². The minimum atomic E-state index is -3.76. The Bertz CT molecular complexity index is 740. The van der Waals surface area contributed by atoms with E-state index in [0.29, 0.717) is 5.56 Å². The van der Waals surface area contributed by atoms with E-state index in [4.69, 9.17) is 10.2 Å². The molecule has 1 saturated carbocycles. The summed E-state index contributed by atoms with van der Waals surface area (Å²) in [5.41, 5.74) is 0.142. The van der Waals surface area contributed by atoms with Gasteiger partial charge in [-0.15, -0.1) is 0 Å². The van der Waals surface area contributed by atoms with Gasteiger partial charge in [0, 0.05) is 0 Å². The summed E-state index contributed by atoms with van der Waals surface area (Å²) < 4.78 is 22.4. The van der Waals surface area contributed by atoms with Gasteiger partial charge in [0.25, 0.3) is 0 Å². The zero-order chi connectivity index (χ0) is 17.6. The van der Waals surface area contributed by atoms with Crippen molar-refractivity contribution in [2.24, 2.45) is 22.4 Å². The number of sulfonamides is 1. The first-order valence-corrected chi connectivity index (χ1v) is 8.67. The summed E-state index contributed by atoms with van der Waals surface area (Å²) in [5.74, 6) is -2.53. The van der Waals surface area contributed by atoms with E-state index in [-0.39, 0.29) is 16.8 Å². The Balaban J connectivity index is 2.07. The smallest absolute Gasteiger partial charge is 0.307 e. The third-order valence-electron chi connectivity index (χ3n) is 4.44. The van der Waals surface area contributed by atoms with E-state index < -0.39 is 33.2 Å². The highest BCUT2D eigenvalue weighted by Gasteiger charge is 2.65. The zero-order valence-electron chi connectivity index (χ0n) is 13.1. The van der Waals surface area contributed by atoms with Crippen molar-refractivity contribution in [2.75, 3.05) is 0 Å². The molecule has 1 amide bonds. The highest BCUT2D eigenvalue weighted by atomic mass is 32.2. The summed E-state index contributed by atoms with van der Waals surface area (Å²) in [5, 5.41) is 16.9. The molecule has 0 bridgehead atoms. The molecule has 23 heavy (non-hydrogen) atoms. The van der Waals surface area contributed by atoms with Gasteiger partial charge in [-0.1, -0.05) is 26.0 Å². The largest absolute Gasteiger partial charge is 0.481 e. The lowest BCUT2D eigenvalue weighted by Gasteiger charge is -2.15. The number of hydrogen-bond donors (Lipinski definition) is 3. The molecule has 1 aliphatic carbocycles. The summed E-state index contributed by atoms with van der Waals surface area (Å²) in [7, 11) is -3.76. The van der Waals surface area contributed by atoms with Crippen LogP contribution in [-0.4, -0.2) is 25.4 Å². The van der Waals surface area contributed by atoms with E-state index in [2.05, 4.69) is 5.32 Å². The molecule has 126 valence electrons. The van der Waals surface area contributed by atoms with Crippen molar-refractivity contribution in [3.63, 3.8) is 0 Å². The van der Waals surface area contributed by atoms with Gasteiger partial charge in [-0.25, -0.2) is 13.6 Å². The van der Waals surface area contributed by atoms with Crippen molar-refractivity contribution >= 4 is 21.9 Å². The number of rotatable bonds is 5. The van der Waals surface area contributed by atoms with Crippen LogP contribution in [0.1, 0.15) is 32.4 Å². The molecule has 1 fully saturated rings. The number of amides is 1. The van der Waals surface area contributed by atoms with Gasteiger partial charge in [0.2, 0.25) is 15.9 Å². The number of carbonyl (C=O) groups is 2. The van der Waals surface area contributed by atoms with Crippen LogP contribution in [0.4, 0.5) is 0 Å². The average Bonchev–Trinajstić information content (AvgIpc) is 3.01. The van der Waals surface area contributed by atoms with Crippen LogP contribution in [0.15, 0.2) is 29.2 Å². The molecular formula is C15H20N2O5S. The molecule has 1 aliphatic rings. The van der Waals surface area contributed by atoms with Gasteiger partial charge in [0.15, 0.2) is 0 Å². The fourth-order valence-corrected chi connectivity index (χ4v) is 3.44. The number of carbonyl (C=O) groups excluding carboxylic acids is 1. The summed E-state index contributed by atoms with van der Waals surface area (Å²) in [6, 6.07) is 5.50. The zero-order valence-corrected chi connectivity index (χ0v) is 13.9. The van der Waals surface area contributed by atoms with Crippen molar-refractivity contribution in [1.82, 2.24) is 5.32 Å². The normalized spacial score (nSPS) is 23.8. The maximum Gasteiger partial charge on any atom is 0.307 e. The molecule has 0 saturated heterocycles. The first-order valence-electron chi connectivity index (χ1n) is 7.12. The van der Waals surface area contributed by atoms with E-state index in [9.17, 15) is 18.0 Å². The van der Waals surface area contributed by atoms with Crippen LogP contribution in [0.2, 0.25) is 0 Å². The van der Waals surface area contributed by atoms with E-state index in [1.807, 2.05) is 0 Å². The number of aliphatic carboxylic acids is 1. The van der Waals surface area contributed by atoms with Gasteiger partial charge in [-0.3, -0.25) is 9.59 Å². The van der Waals surface area contributed by atoms with E-state index >= 15 is 0 Å². The van der Waals surface area contributed by atoms with E-state index in [0.717, 1.165) is 0 Å². The second kappa shape index (κ2) is 5.61. The summed E-state index contributed by atoms with van der Waals surface area (Å²) >= 11 is 0. The Hall–Kier alpha value is -1.93. The van der Waals surface area contributed by atoms with Crippen molar-refractivity contribution in [3.8, 4) is 0 Å². The van der Waals surface area contributed by atoms with Crippen molar-refractivity contribution in [1.29, 1.82) is 0 Å². The minimum absolute atomic E-state index is 0.00551. The lowest BCUT2D eigenvalue weighted by atomic mass is 10.1. The van der Waals surface area contributed by atoms with E-state index in [1.54, 1.807) is 32.9 Å². The summed E-state index contributed by atoms with van der Waals surface area (Å²) in [4.78, 5) is 23.4. The van der Waals surface area contributed by atoms with Crippen LogP contribution < -0.4 is 10.5 Å². The number of carboxylic acid groups (broad SMARTS) is 1. The molecule has 3 atom stereocenters. The van der Waals surface area contributed by atoms with Gasteiger partial charge in [-0.2, -0.15) is 0 Å². The lowest BCUT2D eigenvalue weighted by Crippen LogP contribution is -2.30. The molecule has 1 aromatic rings. The predicted octanol–water partition coefficient (Wildman–Crippen LogP) is 0.868. The fraction of sp³-hybridized carbons (Fsp3) is 0.467. The molecule has 0 heterocycles. The van der Waals surface area contributed by atoms with Gasteiger partial charge in [0.1, 0.15) is 0 Å². The van der Waals surface area contributed by atoms with Crippen LogP contribution >= 0.6 is 0 Å². The maximum atomic E-state index is 12.3. The first-order chi connectivity index (χ1) is 10.5. The Kier molecular flexibility index (Phi) is 4.25. The van der Waals surface area contributed by atoms with Crippen molar-refractivity contribution in [3.05, 3.63) is 29.8 Å². The van der Waals surface area contributed by atoms with Gasteiger partial charge in [-0.05, 0) is 30.0 Å². The topological polar surface area (TPSA) is 127 Å². The van der Waals surface area contributed by atoms with Crippen LogP contribution in [0.25, 0.3) is 0 Å². The monoisotopic (exact) mass is 340 g/mol. The number of hydrogen-bond acceptors (Lipinski definition) is 4. The second-order valence-electron chi connectivity index (χ2n) is 6.46. The molecule has 4 N–H and O–H groups in total. The first kappa shape index (κ1) is 17.4. The summed E-state index contributed by atoms with van der Waals surface area (Å²) in [6.45, 7) is 5.25. The Morgan fingerprint density at radius 3 is 2.13 bits per heavy atom. The Morgan fingerprint density at radius 2 is 1.74 bits per heavy atom. The van der Waals surface area contributed by atoms with E-state index in [1.165, 1.54) is 12.1 Å². The van der Waals surface area contributed by atoms with Crippen LogP contribution in [0.3, 0.4) is 0 Å². The van der Waals surface area contributed by atoms with Crippen LogP contribution in [0, 0.1) is 17.3 Å². The molecule has 1 aromatic carbocycles. The van der Waals surface area contributed by atoms with Crippen LogP contribution in [0.5, 0.6) is 0 Å². The summed E-state index contributed by atoms with van der Waals surface area (Å²) in [6.07, 6.45) is 0. The number of nitrogens with one attached hydrogen (secondary N) is 1. The fourth-order valence-electron chi connectivity index (χ4n) is 2.92. The van der Waals surface area contributed by atoms with Gasteiger partial charge < -0.3 is 10.4 Å². The molecule has 0 aliphatic heterocycles. The van der Waals surface area contributed by atoms with Crippen molar-refractivity contribution in [2.45, 2.75) is 31.7 Å². The van der Waals surface area contributed by atoms with Crippen molar-refractivity contribution < 1.29 is 23.1 Å². The second-order valence-corrected chi connectivity index (χ2v) is 8.02. The minimum Gasteiger partial charge on any atom is -0.481 e. The quantitative estimate of drug-likeness (QED) is 0.733. The van der Waals surface area contributed by atoms with Gasteiger partial charge in [0.05, 0.1) is 22.8 Å². The SMILES string of the molecule is CC(NC(=O)[C@@H]1[C@H](C(=O)O)C1(C)C)c1ccc(S(N)(=O)=O)cc1. The molecule has 0 aromatic heterocycles. The van der Waals surface area contributed by atoms with Gasteiger partial charge >= 0.3 is 5.97 Å². The molecule has 0 radical (unpaired) electrons. The Morgan fingerprint density at radius 1 is 1.22 bits per heavy atom. The number of carboxylic acids is 1. The maximum absolute atomic E-state index is 12.3.